The lowest BCUT2D eigenvalue weighted by molar-refractivity contribution is 0.260. The van der Waals surface area contributed by atoms with Crippen LogP contribution in [0.5, 0.6) is 0 Å². The molecule has 1 heterocycles. The van der Waals surface area contributed by atoms with E-state index in [9.17, 15) is 8.42 Å². The van der Waals surface area contributed by atoms with Gasteiger partial charge in [0.05, 0.1) is 5.75 Å². The van der Waals surface area contributed by atoms with E-state index in [-0.39, 0.29) is 11.3 Å². The quantitative estimate of drug-likeness (QED) is 0.746. The Morgan fingerprint density at radius 2 is 2.14 bits per heavy atom. The fourth-order valence-electron chi connectivity index (χ4n) is 2.19. The fraction of sp³-hybridized carbons (Fsp3) is 1.00. The summed E-state index contributed by atoms with van der Waals surface area (Å²) in [5.41, 5.74) is -0.219. The molecule has 0 saturated carbocycles. The van der Waals surface area contributed by atoms with Crippen molar-refractivity contribution >= 4 is 10.0 Å². The molecule has 1 saturated heterocycles. The van der Waals surface area contributed by atoms with Gasteiger partial charge >= 0.3 is 0 Å². The highest BCUT2D eigenvalue weighted by molar-refractivity contribution is 7.89. The summed E-state index contributed by atoms with van der Waals surface area (Å²) >= 11 is 0. The molecule has 84 valence electrons. The van der Waals surface area contributed by atoms with E-state index in [1.54, 1.807) is 11.2 Å². The molecule has 1 aliphatic rings. The van der Waals surface area contributed by atoms with E-state index in [0.717, 1.165) is 19.4 Å². The molecular weight excluding hydrogens is 200 g/mol. The van der Waals surface area contributed by atoms with E-state index in [1.165, 1.54) is 0 Å². The zero-order valence-electron chi connectivity index (χ0n) is 9.21. The van der Waals surface area contributed by atoms with Crippen molar-refractivity contribution in [3.8, 4) is 0 Å². The van der Waals surface area contributed by atoms with Crippen LogP contribution in [-0.2, 0) is 10.0 Å². The molecule has 0 aliphatic carbocycles. The molecule has 0 aromatic rings. The Hall–Kier alpha value is -0.130. The topological polar surface area (TPSA) is 49.4 Å². The van der Waals surface area contributed by atoms with Gasteiger partial charge in [-0.1, -0.05) is 0 Å². The van der Waals surface area contributed by atoms with Crippen molar-refractivity contribution < 1.29 is 8.42 Å². The van der Waals surface area contributed by atoms with Crippen molar-refractivity contribution in [2.45, 2.75) is 32.2 Å². The molecule has 1 aliphatic heterocycles. The van der Waals surface area contributed by atoms with Crippen LogP contribution in [0.3, 0.4) is 0 Å². The molecule has 1 rings (SSSR count). The highest BCUT2D eigenvalue weighted by atomic mass is 32.2. The van der Waals surface area contributed by atoms with Gasteiger partial charge in [-0.3, -0.25) is 0 Å². The van der Waals surface area contributed by atoms with Crippen molar-refractivity contribution in [3.63, 3.8) is 0 Å². The van der Waals surface area contributed by atoms with Crippen LogP contribution >= 0.6 is 0 Å². The fourth-order valence-corrected chi connectivity index (χ4v) is 3.73. The van der Waals surface area contributed by atoms with Gasteiger partial charge in [-0.25, -0.2) is 8.42 Å². The van der Waals surface area contributed by atoms with E-state index < -0.39 is 10.0 Å². The van der Waals surface area contributed by atoms with Gasteiger partial charge < -0.3 is 5.32 Å². The number of likely N-dealkylation sites (N-methyl/N-ethyl adjacent to an activating group) is 1. The van der Waals surface area contributed by atoms with Crippen LogP contribution in [0.2, 0.25) is 0 Å². The predicted octanol–water partition coefficient (Wildman–Crippen LogP) is 0.410. The summed E-state index contributed by atoms with van der Waals surface area (Å²) in [5.74, 6) is 0.201. The van der Waals surface area contributed by atoms with Crippen molar-refractivity contribution in [2.24, 2.45) is 0 Å². The Bertz CT molecular complexity index is 289. The smallest absolute Gasteiger partial charge is 0.214 e. The zero-order chi connectivity index (χ0) is 10.8. The standard InChI is InChI=1S/C9H20N2O2S/c1-4-14(12,13)11-7-5-6-9(11,2)8-10-3/h10H,4-8H2,1-3H3. The Morgan fingerprint density at radius 3 is 2.64 bits per heavy atom. The Balaban J connectivity index is 2.88. The minimum Gasteiger partial charge on any atom is -0.318 e. The maximum atomic E-state index is 11.8. The average Bonchev–Trinajstić information content (AvgIpc) is 2.48. The predicted molar refractivity (Wildman–Crippen MR) is 57.7 cm³/mol. The molecule has 5 heteroatoms. The summed E-state index contributed by atoms with van der Waals surface area (Å²) in [7, 11) is -1.17. The maximum Gasteiger partial charge on any atom is 0.214 e. The number of nitrogens with zero attached hydrogens (tertiary/aromatic N) is 1. The van der Waals surface area contributed by atoms with Crippen LogP contribution in [0.15, 0.2) is 0 Å². The number of sulfonamides is 1. The van der Waals surface area contributed by atoms with E-state index in [0.29, 0.717) is 6.54 Å². The lowest BCUT2D eigenvalue weighted by Crippen LogP contribution is -2.51. The molecule has 0 bridgehead atoms. The molecular formula is C9H20N2O2S. The highest BCUT2D eigenvalue weighted by Gasteiger charge is 2.42. The second kappa shape index (κ2) is 4.16. The number of nitrogens with one attached hydrogen (secondary N) is 1. The summed E-state index contributed by atoms with van der Waals surface area (Å²) in [5, 5.41) is 3.07. The van der Waals surface area contributed by atoms with Crippen LogP contribution in [0, 0.1) is 0 Å². The van der Waals surface area contributed by atoms with Crippen molar-refractivity contribution in [2.75, 3.05) is 25.9 Å². The minimum absolute atomic E-state index is 0.201. The van der Waals surface area contributed by atoms with E-state index in [1.807, 2.05) is 14.0 Å². The first-order chi connectivity index (χ1) is 6.46. The summed E-state index contributed by atoms with van der Waals surface area (Å²) < 4.78 is 25.2. The van der Waals surface area contributed by atoms with Gasteiger partial charge in [0.1, 0.15) is 0 Å². The molecule has 1 unspecified atom stereocenters. The van der Waals surface area contributed by atoms with Gasteiger partial charge in [0, 0.05) is 18.6 Å². The summed E-state index contributed by atoms with van der Waals surface area (Å²) in [6.45, 7) is 5.12. The monoisotopic (exact) mass is 220 g/mol. The highest BCUT2D eigenvalue weighted by Crippen LogP contribution is 2.31. The largest absolute Gasteiger partial charge is 0.318 e. The van der Waals surface area contributed by atoms with Crippen molar-refractivity contribution in [1.82, 2.24) is 9.62 Å². The number of hydrogen-bond donors (Lipinski definition) is 1. The van der Waals surface area contributed by atoms with Crippen LogP contribution in [-0.4, -0.2) is 44.2 Å². The molecule has 0 amide bonds. The average molecular weight is 220 g/mol. The van der Waals surface area contributed by atoms with Crippen LogP contribution in [0.1, 0.15) is 26.7 Å². The summed E-state index contributed by atoms with van der Waals surface area (Å²) in [6.07, 6.45) is 1.92. The molecule has 0 spiro atoms. The third kappa shape index (κ3) is 2.10. The molecule has 14 heavy (non-hydrogen) atoms. The SMILES string of the molecule is CCS(=O)(=O)N1CCCC1(C)CNC. The first-order valence-electron chi connectivity index (χ1n) is 5.11. The van der Waals surface area contributed by atoms with Gasteiger partial charge in [-0.2, -0.15) is 4.31 Å². The number of hydrogen-bond acceptors (Lipinski definition) is 3. The van der Waals surface area contributed by atoms with Gasteiger partial charge in [0.15, 0.2) is 0 Å². The van der Waals surface area contributed by atoms with Crippen molar-refractivity contribution in [1.29, 1.82) is 0 Å². The Labute approximate surface area is 86.7 Å². The molecule has 1 atom stereocenters. The maximum absolute atomic E-state index is 11.8. The lowest BCUT2D eigenvalue weighted by Gasteiger charge is -2.33. The molecule has 0 radical (unpaired) electrons. The van der Waals surface area contributed by atoms with Gasteiger partial charge in [-0.05, 0) is 33.7 Å². The third-order valence-corrected chi connectivity index (χ3v) is 4.96. The van der Waals surface area contributed by atoms with Crippen LogP contribution in [0.25, 0.3) is 0 Å². The van der Waals surface area contributed by atoms with Gasteiger partial charge in [-0.15, -0.1) is 0 Å². The van der Waals surface area contributed by atoms with E-state index in [2.05, 4.69) is 5.32 Å². The van der Waals surface area contributed by atoms with Crippen LogP contribution in [0.4, 0.5) is 0 Å². The third-order valence-electron chi connectivity index (χ3n) is 2.94. The zero-order valence-corrected chi connectivity index (χ0v) is 10.0. The normalized spacial score (nSPS) is 29.6. The molecule has 0 aromatic carbocycles. The number of rotatable bonds is 4. The van der Waals surface area contributed by atoms with E-state index >= 15 is 0 Å². The second-order valence-electron chi connectivity index (χ2n) is 4.10. The minimum atomic E-state index is -3.03. The summed E-state index contributed by atoms with van der Waals surface area (Å²) in [4.78, 5) is 0. The van der Waals surface area contributed by atoms with Crippen molar-refractivity contribution in [3.05, 3.63) is 0 Å². The Morgan fingerprint density at radius 1 is 1.50 bits per heavy atom. The summed E-state index contributed by atoms with van der Waals surface area (Å²) in [6, 6.07) is 0. The molecule has 4 nitrogen and oxygen atoms in total. The first kappa shape index (κ1) is 11.9. The molecule has 1 fully saturated rings. The van der Waals surface area contributed by atoms with Crippen LogP contribution < -0.4 is 5.32 Å². The molecule has 0 aromatic heterocycles. The van der Waals surface area contributed by atoms with E-state index in [4.69, 9.17) is 0 Å². The Kier molecular flexibility index (Phi) is 3.55. The molecule has 1 N–H and O–H groups in total. The first-order valence-corrected chi connectivity index (χ1v) is 6.72. The second-order valence-corrected chi connectivity index (χ2v) is 6.29. The lowest BCUT2D eigenvalue weighted by atomic mass is 10.0. The van der Waals surface area contributed by atoms with Gasteiger partial charge in [0.2, 0.25) is 10.0 Å². The van der Waals surface area contributed by atoms with Gasteiger partial charge in [0.25, 0.3) is 0 Å².